The highest BCUT2D eigenvalue weighted by molar-refractivity contribution is 5.62. The van der Waals surface area contributed by atoms with Gasteiger partial charge in [0.05, 0.1) is 11.9 Å². The summed E-state index contributed by atoms with van der Waals surface area (Å²) in [5.41, 5.74) is 4.16. The number of nitrogens with zero attached hydrogens (tertiary/aromatic N) is 3. The first-order valence-corrected chi connectivity index (χ1v) is 4.48. The predicted molar refractivity (Wildman–Crippen MR) is 54.7 cm³/mol. The highest BCUT2D eigenvalue weighted by Crippen LogP contribution is 2.18. The van der Waals surface area contributed by atoms with Crippen LogP contribution in [0.25, 0.3) is 11.1 Å². The van der Waals surface area contributed by atoms with Gasteiger partial charge < -0.3 is 0 Å². The Bertz CT molecular complexity index is 408. The Morgan fingerprint density at radius 1 is 1.00 bits per heavy atom. The van der Waals surface area contributed by atoms with E-state index >= 15 is 0 Å². The van der Waals surface area contributed by atoms with E-state index < -0.39 is 0 Å². The smallest absolute Gasteiger partial charge is 0.0606 e. The second kappa shape index (κ2) is 3.54. The van der Waals surface area contributed by atoms with Gasteiger partial charge in [-0.05, 0) is 37.6 Å². The van der Waals surface area contributed by atoms with Gasteiger partial charge in [0.2, 0.25) is 0 Å². The van der Waals surface area contributed by atoms with Crippen molar-refractivity contribution in [2.75, 3.05) is 0 Å². The summed E-state index contributed by atoms with van der Waals surface area (Å²) in [4.78, 5) is 4.15. The van der Waals surface area contributed by atoms with E-state index in [1.165, 1.54) is 0 Å². The van der Waals surface area contributed by atoms with E-state index in [1.807, 2.05) is 32.0 Å². The van der Waals surface area contributed by atoms with Gasteiger partial charge in [0.15, 0.2) is 0 Å². The maximum absolute atomic E-state index is 4.15. The molecule has 2 aromatic heterocycles. The van der Waals surface area contributed by atoms with Gasteiger partial charge in [0.1, 0.15) is 0 Å². The summed E-state index contributed by atoms with van der Waals surface area (Å²) in [6.07, 6.45) is 3.57. The van der Waals surface area contributed by atoms with E-state index in [1.54, 1.807) is 12.4 Å². The first-order valence-electron chi connectivity index (χ1n) is 4.48. The second-order valence-corrected chi connectivity index (χ2v) is 3.27. The first kappa shape index (κ1) is 8.81. The quantitative estimate of drug-likeness (QED) is 0.683. The van der Waals surface area contributed by atoms with Crippen molar-refractivity contribution >= 4 is 0 Å². The Kier molecular flexibility index (Phi) is 2.23. The molecule has 3 nitrogen and oxygen atoms in total. The number of aryl methyl sites for hydroxylation is 2. The monoisotopic (exact) mass is 185 g/mol. The molecule has 3 heteroatoms. The fraction of sp³-hybridized carbons (Fsp3) is 0.182. The highest BCUT2D eigenvalue weighted by atomic mass is 15.1. The molecule has 0 saturated heterocycles. The molecule has 0 saturated carbocycles. The van der Waals surface area contributed by atoms with Gasteiger partial charge >= 0.3 is 0 Å². The molecule has 0 bridgehead atoms. The minimum absolute atomic E-state index is 0.928. The van der Waals surface area contributed by atoms with Crippen LogP contribution < -0.4 is 0 Å². The molecule has 2 aromatic rings. The van der Waals surface area contributed by atoms with Crippen LogP contribution in [0, 0.1) is 13.8 Å². The van der Waals surface area contributed by atoms with Crippen molar-refractivity contribution in [1.29, 1.82) is 0 Å². The minimum Gasteiger partial charge on any atom is -0.262 e. The van der Waals surface area contributed by atoms with Crippen LogP contribution in [0.5, 0.6) is 0 Å². The summed E-state index contributed by atoms with van der Waals surface area (Å²) in [7, 11) is 0. The Hall–Kier alpha value is -1.77. The topological polar surface area (TPSA) is 38.7 Å². The third kappa shape index (κ3) is 1.76. The molecule has 0 radical (unpaired) electrons. The lowest BCUT2D eigenvalue weighted by Gasteiger charge is -2.01. The van der Waals surface area contributed by atoms with Crippen molar-refractivity contribution in [2.24, 2.45) is 0 Å². The van der Waals surface area contributed by atoms with Gasteiger partial charge in [0.25, 0.3) is 0 Å². The van der Waals surface area contributed by atoms with E-state index in [0.29, 0.717) is 0 Å². The Labute approximate surface area is 82.8 Å². The predicted octanol–water partition coefficient (Wildman–Crippen LogP) is 2.16. The molecule has 0 aromatic carbocycles. The maximum atomic E-state index is 4.15. The number of hydrogen-bond acceptors (Lipinski definition) is 3. The fourth-order valence-electron chi connectivity index (χ4n) is 1.36. The second-order valence-electron chi connectivity index (χ2n) is 3.27. The molecule has 14 heavy (non-hydrogen) atoms. The van der Waals surface area contributed by atoms with Gasteiger partial charge in [-0.2, -0.15) is 10.2 Å². The van der Waals surface area contributed by atoms with Gasteiger partial charge in [-0.3, -0.25) is 4.98 Å². The number of hydrogen-bond donors (Lipinski definition) is 0. The zero-order valence-corrected chi connectivity index (χ0v) is 8.23. The van der Waals surface area contributed by atoms with Crippen LogP contribution in [-0.4, -0.2) is 15.2 Å². The molecule has 0 unspecified atom stereocenters. The van der Waals surface area contributed by atoms with Crippen molar-refractivity contribution in [3.63, 3.8) is 0 Å². The molecular weight excluding hydrogens is 174 g/mol. The van der Waals surface area contributed by atoms with Crippen LogP contribution in [0.1, 0.15) is 11.4 Å². The maximum Gasteiger partial charge on any atom is 0.0606 e. The van der Waals surface area contributed by atoms with Gasteiger partial charge in [-0.15, -0.1) is 0 Å². The first-order chi connectivity index (χ1) is 6.75. The van der Waals surface area contributed by atoms with Crippen molar-refractivity contribution in [3.8, 4) is 11.1 Å². The number of pyridine rings is 1. The molecule has 0 N–H and O–H groups in total. The summed E-state index contributed by atoms with van der Waals surface area (Å²) in [6, 6.07) is 6.03. The SMILES string of the molecule is Cc1cc(-c2cnnc(C)c2)ccn1. The normalized spacial score (nSPS) is 10.1. The molecule has 0 spiro atoms. The fourth-order valence-corrected chi connectivity index (χ4v) is 1.36. The summed E-state index contributed by atoms with van der Waals surface area (Å²) in [6.45, 7) is 3.91. The Morgan fingerprint density at radius 3 is 2.50 bits per heavy atom. The summed E-state index contributed by atoms with van der Waals surface area (Å²) in [5.74, 6) is 0. The molecule has 0 aliphatic heterocycles. The highest BCUT2D eigenvalue weighted by Gasteiger charge is 1.99. The molecule has 70 valence electrons. The number of aromatic nitrogens is 3. The van der Waals surface area contributed by atoms with Crippen LogP contribution in [0.2, 0.25) is 0 Å². The standard InChI is InChI=1S/C11H11N3/c1-8-5-10(3-4-12-8)11-6-9(2)14-13-7-11/h3-7H,1-2H3. The van der Waals surface area contributed by atoms with Gasteiger partial charge in [-0.1, -0.05) is 0 Å². The van der Waals surface area contributed by atoms with Crippen LogP contribution >= 0.6 is 0 Å². The molecule has 0 aliphatic rings. The van der Waals surface area contributed by atoms with E-state index in [-0.39, 0.29) is 0 Å². The summed E-state index contributed by atoms with van der Waals surface area (Å²) < 4.78 is 0. The lowest BCUT2D eigenvalue weighted by Crippen LogP contribution is -1.88. The summed E-state index contributed by atoms with van der Waals surface area (Å²) in [5, 5.41) is 7.84. The summed E-state index contributed by atoms with van der Waals surface area (Å²) >= 11 is 0. The molecule has 0 atom stereocenters. The van der Waals surface area contributed by atoms with E-state index in [0.717, 1.165) is 22.5 Å². The van der Waals surface area contributed by atoms with Gasteiger partial charge in [-0.25, -0.2) is 0 Å². The van der Waals surface area contributed by atoms with Crippen LogP contribution in [0.3, 0.4) is 0 Å². The zero-order valence-electron chi connectivity index (χ0n) is 8.23. The third-order valence-corrected chi connectivity index (χ3v) is 2.01. The van der Waals surface area contributed by atoms with Crippen molar-refractivity contribution in [1.82, 2.24) is 15.2 Å². The molecule has 2 rings (SSSR count). The largest absolute Gasteiger partial charge is 0.262 e. The van der Waals surface area contributed by atoms with Crippen molar-refractivity contribution in [3.05, 3.63) is 42.0 Å². The lowest BCUT2D eigenvalue weighted by atomic mass is 10.1. The lowest BCUT2D eigenvalue weighted by molar-refractivity contribution is 0.982. The Morgan fingerprint density at radius 2 is 1.79 bits per heavy atom. The third-order valence-electron chi connectivity index (χ3n) is 2.01. The van der Waals surface area contributed by atoms with Crippen molar-refractivity contribution in [2.45, 2.75) is 13.8 Å². The molecule has 0 amide bonds. The molecule has 2 heterocycles. The average molecular weight is 185 g/mol. The van der Waals surface area contributed by atoms with Gasteiger partial charge in [0, 0.05) is 17.5 Å². The van der Waals surface area contributed by atoms with Crippen molar-refractivity contribution < 1.29 is 0 Å². The van der Waals surface area contributed by atoms with E-state index in [4.69, 9.17) is 0 Å². The minimum atomic E-state index is 0.928. The van der Waals surface area contributed by atoms with E-state index in [9.17, 15) is 0 Å². The van der Waals surface area contributed by atoms with Crippen LogP contribution in [0.15, 0.2) is 30.6 Å². The number of rotatable bonds is 1. The molecule has 0 fully saturated rings. The molecular formula is C11H11N3. The Balaban J connectivity index is 2.49. The molecule has 0 aliphatic carbocycles. The van der Waals surface area contributed by atoms with Crippen LogP contribution in [-0.2, 0) is 0 Å². The van der Waals surface area contributed by atoms with Crippen LogP contribution in [0.4, 0.5) is 0 Å². The average Bonchev–Trinajstić information content (AvgIpc) is 2.18. The van der Waals surface area contributed by atoms with E-state index in [2.05, 4.69) is 15.2 Å². The zero-order chi connectivity index (χ0) is 9.97.